The van der Waals surface area contributed by atoms with Crippen molar-refractivity contribution in [3.63, 3.8) is 0 Å². The number of sulfonamides is 1. The molecule has 1 N–H and O–H groups in total. The molecule has 6 heteroatoms. The van der Waals surface area contributed by atoms with Crippen LogP contribution in [0.2, 0.25) is 0 Å². The molecule has 0 saturated heterocycles. The highest BCUT2D eigenvalue weighted by Gasteiger charge is 2.12. The van der Waals surface area contributed by atoms with Crippen molar-refractivity contribution in [2.45, 2.75) is 13.0 Å². The van der Waals surface area contributed by atoms with Crippen molar-refractivity contribution in [1.29, 1.82) is 0 Å². The zero-order valence-electron chi connectivity index (χ0n) is 13.3. The summed E-state index contributed by atoms with van der Waals surface area (Å²) in [6.45, 7) is 0.164. The van der Waals surface area contributed by atoms with Gasteiger partial charge < -0.3 is 9.47 Å². The lowest BCUT2D eigenvalue weighted by Crippen LogP contribution is -2.27. The van der Waals surface area contributed by atoms with Crippen molar-refractivity contribution in [3.8, 4) is 11.5 Å². The highest BCUT2D eigenvalue weighted by Crippen LogP contribution is 2.23. The number of benzene rings is 2. The van der Waals surface area contributed by atoms with E-state index < -0.39 is 10.0 Å². The van der Waals surface area contributed by atoms with Crippen LogP contribution in [0.4, 0.5) is 0 Å². The molecule has 5 nitrogen and oxygen atoms in total. The Morgan fingerprint density at radius 2 is 1.74 bits per heavy atom. The van der Waals surface area contributed by atoms with Crippen LogP contribution in [0.5, 0.6) is 11.5 Å². The van der Waals surface area contributed by atoms with Gasteiger partial charge in [0.05, 0.1) is 20.0 Å². The molecule has 0 atom stereocenters. The van der Waals surface area contributed by atoms with Crippen LogP contribution in [-0.2, 0) is 23.0 Å². The Hall–Kier alpha value is -2.05. The molecule has 23 heavy (non-hydrogen) atoms. The first-order valence-corrected chi connectivity index (χ1v) is 8.91. The molecule has 2 aromatic rings. The normalized spacial score (nSPS) is 11.2. The fraction of sp³-hybridized carbons (Fsp3) is 0.294. The molecule has 124 valence electrons. The smallest absolute Gasteiger partial charge is 0.212 e. The molecule has 0 spiro atoms. The highest BCUT2D eigenvalue weighted by molar-refractivity contribution is 7.89. The van der Waals surface area contributed by atoms with Crippen LogP contribution in [0.25, 0.3) is 0 Å². The summed E-state index contributed by atoms with van der Waals surface area (Å²) in [7, 11) is -0.253. The summed E-state index contributed by atoms with van der Waals surface area (Å²) in [5.41, 5.74) is 1.73. The van der Waals surface area contributed by atoms with Gasteiger partial charge in [0.2, 0.25) is 10.0 Å². The quantitative estimate of drug-likeness (QED) is 0.804. The third-order valence-corrected chi connectivity index (χ3v) is 4.80. The standard InChI is InChI=1S/C17H21NO4S/c1-21-16-8-9-17(22-2)15(12-16)13-18-23(19,20)11-10-14-6-4-3-5-7-14/h3-9,12,18H,10-11,13H2,1-2H3. The summed E-state index contributed by atoms with van der Waals surface area (Å²) in [4.78, 5) is 0. The first-order valence-electron chi connectivity index (χ1n) is 7.26. The molecule has 0 aromatic heterocycles. The largest absolute Gasteiger partial charge is 0.497 e. The molecule has 0 amide bonds. The van der Waals surface area contributed by atoms with Crippen LogP contribution in [0.1, 0.15) is 11.1 Å². The van der Waals surface area contributed by atoms with Gasteiger partial charge in [-0.05, 0) is 30.2 Å². The van der Waals surface area contributed by atoms with E-state index in [1.165, 1.54) is 0 Å². The molecule has 0 heterocycles. The van der Waals surface area contributed by atoms with Crippen LogP contribution in [0.15, 0.2) is 48.5 Å². The zero-order chi connectivity index (χ0) is 16.7. The van der Waals surface area contributed by atoms with E-state index in [0.717, 1.165) is 11.1 Å². The molecular formula is C17H21NO4S. The lowest BCUT2D eigenvalue weighted by atomic mass is 10.2. The number of hydrogen-bond donors (Lipinski definition) is 1. The van der Waals surface area contributed by atoms with Gasteiger partial charge in [0, 0.05) is 12.1 Å². The lowest BCUT2D eigenvalue weighted by Gasteiger charge is -2.12. The first kappa shape index (κ1) is 17.3. The van der Waals surface area contributed by atoms with Crippen molar-refractivity contribution < 1.29 is 17.9 Å². The van der Waals surface area contributed by atoms with Gasteiger partial charge in [-0.2, -0.15) is 0 Å². The number of methoxy groups -OCH3 is 2. The van der Waals surface area contributed by atoms with E-state index in [1.807, 2.05) is 30.3 Å². The monoisotopic (exact) mass is 335 g/mol. The first-order chi connectivity index (χ1) is 11.0. The number of nitrogens with one attached hydrogen (secondary N) is 1. The van der Waals surface area contributed by atoms with Crippen molar-refractivity contribution in [3.05, 3.63) is 59.7 Å². The molecule has 0 radical (unpaired) electrons. The van der Waals surface area contributed by atoms with E-state index in [4.69, 9.17) is 9.47 Å². The predicted octanol–water partition coefficient (Wildman–Crippen LogP) is 2.37. The van der Waals surface area contributed by atoms with Crippen LogP contribution in [0.3, 0.4) is 0 Å². The summed E-state index contributed by atoms with van der Waals surface area (Å²) >= 11 is 0. The minimum absolute atomic E-state index is 0.0449. The van der Waals surface area contributed by atoms with Crippen LogP contribution >= 0.6 is 0 Å². The van der Waals surface area contributed by atoms with E-state index >= 15 is 0 Å². The van der Waals surface area contributed by atoms with Gasteiger partial charge in [0.1, 0.15) is 11.5 Å². The Morgan fingerprint density at radius 1 is 1.00 bits per heavy atom. The van der Waals surface area contributed by atoms with Crippen LogP contribution in [-0.4, -0.2) is 28.4 Å². The molecule has 2 rings (SSSR count). The summed E-state index contributed by atoms with van der Waals surface area (Å²) in [6, 6.07) is 14.8. The number of ether oxygens (including phenoxy) is 2. The maximum absolute atomic E-state index is 12.1. The van der Waals surface area contributed by atoms with E-state index in [9.17, 15) is 8.42 Å². The van der Waals surface area contributed by atoms with Gasteiger partial charge in [-0.15, -0.1) is 0 Å². The molecule has 2 aromatic carbocycles. The molecular weight excluding hydrogens is 314 g/mol. The minimum atomic E-state index is -3.37. The third-order valence-electron chi connectivity index (χ3n) is 3.47. The molecule has 0 fully saturated rings. The summed E-state index contributed by atoms with van der Waals surface area (Å²) in [6.07, 6.45) is 0.478. The summed E-state index contributed by atoms with van der Waals surface area (Å²) in [5, 5.41) is 0. The van der Waals surface area contributed by atoms with Gasteiger partial charge in [0.25, 0.3) is 0 Å². The van der Waals surface area contributed by atoms with Gasteiger partial charge in [-0.3, -0.25) is 0 Å². The van der Waals surface area contributed by atoms with Crippen molar-refractivity contribution >= 4 is 10.0 Å². The molecule has 0 unspecified atom stereocenters. The van der Waals surface area contributed by atoms with Crippen molar-refractivity contribution in [1.82, 2.24) is 4.72 Å². The fourth-order valence-corrected chi connectivity index (χ4v) is 3.20. The topological polar surface area (TPSA) is 64.6 Å². The lowest BCUT2D eigenvalue weighted by molar-refractivity contribution is 0.398. The molecule has 0 bridgehead atoms. The van der Waals surface area contributed by atoms with Crippen LogP contribution in [0, 0.1) is 0 Å². The second kappa shape index (κ2) is 7.99. The second-order valence-corrected chi connectivity index (χ2v) is 6.98. The van der Waals surface area contributed by atoms with Crippen molar-refractivity contribution in [2.75, 3.05) is 20.0 Å². The van der Waals surface area contributed by atoms with Gasteiger partial charge in [-0.25, -0.2) is 13.1 Å². The number of aryl methyl sites for hydroxylation is 1. The number of rotatable bonds is 8. The average Bonchev–Trinajstić information content (AvgIpc) is 2.59. The Balaban J connectivity index is 1.98. The summed E-state index contributed by atoms with van der Waals surface area (Å²) in [5.74, 6) is 1.32. The SMILES string of the molecule is COc1ccc(OC)c(CNS(=O)(=O)CCc2ccccc2)c1. The Morgan fingerprint density at radius 3 is 2.39 bits per heavy atom. The number of hydrogen-bond acceptors (Lipinski definition) is 4. The second-order valence-electron chi connectivity index (χ2n) is 5.05. The van der Waals surface area contributed by atoms with E-state index in [0.29, 0.717) is 17.9 Å². The van der Waals surface area contributed by atoms with Crippen LogP contribution < -0.4 is 14.2 Å². The average molecular weight is 335 g/mol. The van der Waals surface area contributed by atoms with Gasteiger partial charge in [0.15, 0.2) is 0 Å². The molecule has 0 aliphatic heterocycles. The zero-order valence-corrected chi connectivity index (χ0v) is 14.1. The van der Waals surface area contributed by atoms with E-state index in [-0.39, 0.29) is 12.3 Å². The Kier molecular flexibility index (Phi) is 6.01. The Bertz CT molecular complexity index is 730. The van der Waals surface area contributed by atoms with E-state index in [2.05, 4.69) is 4.72 Å². The Labute approximate surface area is 137 Å². The predicted molar refractivity (Wildman–Crippen MR) is 90.3 cm³/mol. The van der Waals surface area contributed by atoms with Gasteiger partial charge >= 0.3 is 0 Å². The highest BCUT2D eigenvalue weighted by atomic mass is 32.2. The maximum atomic E-state index is 12.1. The van der Waals surface area contributed by atoms with E-state index in [1.54, 1.807) is 32.4 Å². The molecule has 0 saturated carbocycles. The van der Waals surface area contributed by atoms with Crippen molar-refractivity contribution in [2.24, 2.45) is 0 Å². The molecule has 0 aliphatic rings. The fourth-order valence-electron chi connectivity index (χ4n) is 2.18. The minimum Gasteiger partial charge on any atom is -0.497 e. The third kappa shape index (κ3) is 5.26. The van der Waals surface area contributed by atoms with Gasteiger partial charge in [-0.1, -0.05) is 30.3 Å². The molecule has 0 aliphatic carbocycles. The summed E-state index contributed by atoms with van der Waals surface area (Å²) < 4.78 is 37.3. The maximum Gasteiger partial charge on any atom is 0.212 e.